The van der Waals surface area contributed by atoms with Gasteiger partial charge >= 0.3 is 0 Å². The highest BCUT2D eigenvalue weighted by Gasteiger charge is 2.17. The third-order valence-corrected chi connectivity index (χ3v) is 4.51. The first-order chi connectivity index (χ1) is 8.91. The van der Waals surface area contributed by atoms with Gasteiger partial charge in [0.05, 0.1) is 6.04 Å². The Morgan fingerprint density at radius 2 is 1.63 bits per heavy atom. The largest absolute Gasteiger partial charge is 0.320 e. The van der Waals surface area contributed by atoms with Crippen molar-refractivity contribution in [1.29, 1.82) is 0 Å². The van der Waals surface area contributed by atoms with E-state index < -0.39 is 0 Å². The minimum absolute atomic E-state index is 0.214. The number of halogens is 2. The van der Waals surface area contributed by atoms with Gasteiger partial charge in [-0.2, -0.15) is 0 Å². The second-order valence-electron chi connectivity index (χ2n) is 4.91. The van der Waals surface area contributed by atoms with Gasteiger partial charge in [0.25, 0.3) is 0 Å². The second kappa shape index (κ2) is 5.43. The molecule has 0 aromatic heterocycles. The molecule has 1 unspecified atom stereocenters. The van der Waals surface area contributed by atoms with Crippen LogP contribution in [-0.4, -0.2) is 0 Å². The van der Waals surface area contributed by atoms with Crippen molar-refractivity contribution < 1.29 is 4.39 Å². The molecule has 0 amide bonds. The van der Waals surface area contributed by atoms with Crippen LogP contribution >= 0.6 is 15.9 Å². The summed E-state index contributed by atoms with van der Waals surface area (Å²) in [5.41, 5.74) is 11.3. The summed E-state index contributed by atoms with van der Waals surface area (Å²) in [5.74, 6) is -0.214. The number of hydrogen-bond donors (Lipinski definition) is 1. The van der Waals surface area contributed by atoms with Crippen LogP contribution in [0.3, 0.4) is 0 Å². The standard InChI is InChI=1S/C16H17BrFN/c1-9-5-4-6-13(15(9)17)16(19)14-10(2)7-12(18)8-11(14)3/h4-8,16H,19H2,1-3H3. The number of hydrogen-bond acceptors (Lipinski definition) is 1. The molecule has 0 spiro atoms. The van der Waals surface area contributed by atoms with Crippen molar-refractivity contribution in [2.45, 2.75) is 26.8 Å². The molecule has 2 aromatic carbocycles. The van der Waals surface area contributed by atoms with E-state index in [0.29, 0.717) is 0 Å². The van der Waals surface area contributed by atoms with E-state index in [2.05, 4.69) is 15.9 Å². The first-order valence-electron chi connectivity index (χ1n) is 6.19. The Bertz CT molecular complexity index is 599. The molecule has 0 aliphatic heterocycles. The van der Waals surface area contributed by atoms with E-state index in [-0.39, 0.29) is 11.9 Å². The minimum Gasteiger partial charge on any atom is -0.320 e. The molecule has 0 fully saturated rings. The lowest BCUT2D eigenvalue weighted by atomic mass is 9.91. The SMILES string of the molecule is Cc1cccc(C(N)c2c(C)cc(F)cc2C)c1Br. The predicted molar refractivity (Wildman–Crippen MR) is 80.8 cm³/mol. The van der Waals surface area contributed by atoms with E-state index in [0.717, 1.165) is 32.3 Å². The zero-order chi connectivity index (χ0) is 14.2. The van der Waals surface area contributed by atoms with Gasteiger partial charge in [-0.1, -0.05) is 34.1 Å². The molecule has 2 aromatic rings. The Kier molecular flexibility index (Phi) is 4.07. The average molecular weight is 322 g/mol. The number of nitrogens with two attached hydrogens (primary N) is 1. The molecule has 1 atom stereocenters. The number of benzene rings is 2. The lowest BCUT2D eigenvalue weighted by Gasteiger charge is -2.20. The van der Waals surface area contributed by atoms with Gasteiger partial charge in [-0.25, -0.2) is 4.39 Å². The van der Waals surface area contributed by atoms with Crippen LogP contribution in [0.5, 0.6) is 0 Å². The molecule has 19 heavy (non-hydrogen) atoms. The fraction of sp³-hybridized carbons (Fsp3) is 0.250. The van der Waals surface area contributed by atoms with Crippen LogP contribution in [0, 0.1) is 26.6 Å². The number of rotatable bonds is 2. The Balaban J connectivity index is 2.56. The molecule has 2 rings (SSSR count). The van der Waals surface area contributed by atoms with Crippen LogP contribution in [-0.2, 0) is 0 Å². The summed E-state index contributed by atoms with van der Waals surface area (Å²) in [6.45, 7) is 5.83. The van der Waals surface area contributed by atoms with E-state index in [4.69, 9.17) is 5.73 Å². The molecular weight excluding hydrogens is 305 g/mol. The molecule has 0 aliphatic carbocycles. The summed E-state index contributed by atoms with van der Waals surface area (Å²) in [6, 6.07) is 8.84. The van der Waals surface area contributed by atoms with Crippen molar-refractivity contribution in [3.63, 3.8) is 0 Å². The highest BCUT2D eigenvalue weighted by atomic mass is 79.9. The third kappa shape index (κ3) is 2.72. The predicted octanol–water partition coefficient (Wildman–Crippen LogP) is 4.56. The molecule has 0 aliphatic rings. The van der Waals surface area contributed by atoms with Crippen LogP contribution in [0.15, 0.2) is 34.8 Å². The van der Waals surface area contributed by atoms with Crippen molar-refractivity contribution in [3.8, 4) is 0 Å². The second-order valence-corrected chi connectivity index (χ2v) is 5.70. The number of aryl methyl sites for hydroxylation is 3. The van der Waals surface area contributed by atoms with Crippen molar-refractivity contribution in [1.82, 2.24) is 0 Å². The lowest BCUT2D eigenvalue weighted by molar-refractivity contribution is 0.623. The van der Waals surface area contributed by atoms with Gasteiger partial charge < -0.3 is 5.73 Å². The first kappa shape index (κ1) is 14.2. The van der Waals surface area contributed by atoms with Gasteiger partial charge in [-0.3, -0.25) is 0 Å². The van der Waals surface area contributed by atoms with E-state index in [1.807, 2.05) is 39.0 Å². The molecule has 2 N–H and O–H groups in total. The lowest BCUT2D eigenvalue weighted by Crippen LogP contribution is -2.16. The Morgan fingerprint density at radius 3 is 2.21 bits per heavy atom. The summed E-state index contributed by atoms with van der Waals surface area (Å²) in [4.78, 5) is 0. The topological polar surface area (TPSA) is 26.0 Å². The molecule has 0 bridgehead atoms. The van der Waals surface area contributed by atoms with Gasteiger partial charge in [0.2, 0.25) is 0 Å². The first-order valence-corrected chi connectivity index (χ1v) is 6.98. The Hall–Kier alpha value is -1.19. The molecule has 0 heterocycles. The molecule has 0 radical (unpaired) electrons. The van der Waals surface area contributed by atoms with Crippen molar-refractivity contribution >= 4 is 15.9 Å². The van der Waals surface area contributed by atoms with Crippen LogP contribution in [0.1, 0.15) is 33.9 Å². The summed E-state index contributed by atoms with van der Waals surface area (Å²) < 4.78 is 14.4. The molecule has 0 saturated carbocycles. The van der Waals surface area contributed by atoms with Gasteiger partial charge in [-0.05, 0) is 60.7 Å². The minimum atomic E-state index is -0.255. The van der Waals surface area contributed by atoms with E-state index in [9.17, 15) is 4.39 Å². The smallest absolute Gasteiger partial charge is 0.123 e. The maximum atomic E-state index is 13.4. The molecule has 100 valence electrons. The Morgan fingerprint density at radius 1 is 1.05 bits per heavy atom. The zero-order valence-electron chi connectivity index (χ0n) is 11.3. The highest BCUT2D eigenvalue weighted by Crippen LogP contribution is 2.32. The van der Waals surface area contributed by atoms with Gasteiger partial charge in [-0.15, -0.1) is 0 Å². The monoisotopic (exact) mass is 321 g/mol. The molecular formula is C16H17BrFN. The van der Waals surface area contributed by atoms with E-state index in [1.165, 1.54) is 12.1 Å². The fourth-order valence-corrected chi connectivity index (χ4v) is 2.99. The van der Waals surface area contributed by atoms with Crippen LogP contribution < -0.4 is 5.73 Å². The third-order valence-electron chi connectivity index (χ3n) is 3.43. The molecule has 0 saturated heterocycles. The van der Waals surface area contributed by atoms with E-state index >= 15 is 0 Å². The molecule has 1 nitrogen and oxygen atoms in total. The van der Waals surface area contributed by atoms with Gasteiger partial charge in [0.15, 0.2) is 0 Å². The highest BCUT2D eigenvalue weighted by molar-refractivity contribution is 9.10. The normalized spacial score (nSPS) is 12.5. The van der Waals surface area contributed by atoms with Crippen molar-refractivity contribution in [2.75, 3.05) is 0 Å². The summed E-state index contributed by atoms with van der Waals surface area (Å²) in [7, 11) is 0. The van der Waals surface area contributed by atoms with Crippen LogP contribution in [0.2, 0.25) is 0 Å². The van der Waals surface area contributed by atoms with E-state index in [1.54, 1.807) is 0 Å². The summed E-state index contributed by atoms with van der Waals surface area (Å²) >= 11 is 3.59. The van der Waals surface area contributed by atoms with Crippen molar-refractivity contribution in [2.24, 2.45) is 5.73 Å². The quantitative estimate of drug-likeness (QED) is 0.862. The summed E-state index contributed by atoms with van der Waals surface area (Å²) in [5, 5.41) is 0. The maximum Gasteiger partial charge on any atom is 0.123 e. The van der Waals surface area contributed by atoms with Crippen LogP contribution in [0.25, 0.3) is 0 Å². The maximum absolute atomic E-state index is 13.4. The van der Waals surface area contributed by atoms with Gasteiger partial charge in [0, 0.05) is 4.47 Å². The molecule has 3 heteroatoms. The Labute approximate surface area is 121 Å². The zero-order valence-corrected chi connectivity index (χ0v) is 12.9. The fourth-order valence-electron chi connectivity index (χ4n) is 2.48. The van der Waals surface area contributed by atoms with Crippen LogP contribution in [0.4, 0.5) is 4.39 Å². The van der Waals surface area contributed by atoms with Gasteiger partial charge in [0.1, 0.15) is 5.82 Å². The summed E-state index contributed by atoms with van der Waals surface area (Å²) in [6.07, 6.45) is 0. The average Bonchev–Trinajstić information content (AvgIpc) is 2.31. The van der Waals surface area contributed by atoms with Crippen molar-refractivity contribution in [3.05, 3.63) is 68.4 Å².